The van der Waals surface area contributed by atoms with E-state index in [1.165, 1.54) is 12.3 Å². The van der Waals surface area contributed by atoms with E-state index in [1.54, 1.807) is 18.2 Å². The molecule has 0 unspecified atom stereocenters. The molecule has 0 radical (unpaired) electrons. The molecule has 126 valence electrons. The van der Waals surface area contributed by atoms with Gasteiger partial charge in [-0.15, -0.1) is 0 Å². The molecule has 0 aliphatic heterocycles. The molecule has 1 aromatic heterocycles. The summed E-state index contributed by atoms with van der Waals surface area (Å²) >= 11 is 3.25. The molecule has 0 saturated heterocycles. The highest BCUT2D eigenvalue weighted by molar-refractivity contribution is 9.10. The summed E-state index contributed by atoms with van der Waals surface area (Å²) in [6.45, 7) is 2.00. The second-order valence-corrected chi connectivity index (χ2v) is 6.31. The Balaban J connectivity index is 1.69. The van der Waals surface area contributed by atoms with Crippen molar-refractivity contribution in [1.29, 1.82) is 0 Å². The maximum Gasteiger partial charge on any atom is 0.289 e. The number of nitrogens with one attached hydrogen (secondary N) is 2. The smallest absolute Gasteiger partial charge is 0.272 e. The number of aromatic amines is 1. The molecule has 1 amide bonds. The summed E-state index contributed by atoms with van der Waals surface area (Å²) in [6, 6.07) is 13.9. The minimum absolute atomic E-state index is 0.264. The number of hydrogen-bond acceptors (Lipinski definition) is 3. The first-order chi connectivity index (χ1) is 12.0. The summed E-state index contributed by atoms with van der Waals surface area (Å²) in [5, 5.41) is 10.6. The Bertz CT molecular complexity index is 935. The number of amides is 1. The summed E-state index contributed by atoms with van der Waals surface area (Å²) in [7, 11) is 0. The molecule has 3 rings (SSSR count). The number of carbonyl (C=O) groups excluding carboxylic acids is 1. The molecule has 7 heteroatoms. The Kier molecular flexibility index (Phi) is 5.04. The van der Waals surface area contributed by atoms with Crippen molar-refractivity contribution < 1.29 is 9.18 Å². The van der Waals surface area contributed by atoms with E-state index < -0.39 is 11.7 Å². The Morgan fingerprint density at radius 2 is 2.00 bits per heavy atom. The zero-order chi connectivity index (χ0) is 17.8. The van der Waals surface area contributed by atoms with Crippen LogP contribution in [-0.2, 0) is 0 Å². The predicted octanol–water partition coefficient (Wildman–Crippen LogP) is 4.05. The molecular weight excluding hydrogens is 387 g/mol. The van der Waals surface area contributed by atoms with Crippen molar-refractivity contribution in [1.82, 2.24) is 15.6 Å². The molecule has 0 atom stereocenters. The first-order valence-electron chi connectivity index (χ1n) is 7.44. The third kappa shape index (κ3) is 4.19. The zero-order valence-electron chi connectivity index (χ0n) is 13.3. The van der Waals surface area contributed by atoms with Crippen LogP contribution in [0.5, 0.6) is 0 Å². The van der Waals surface area contributed by atoms with Crippen LogP contribution in [-0.4, -0.2) is 22.3 Å². The van der Waals surface area contributed by atoms with E-state index >= 15 is 0 Å². The second-order valence-electron chi connectivity index (χ2n) is 5.40. The highest BCUT2D eigenvalue weighted by Crippen LogP contribution is 2.18. The van der Waals surface area contributed by atoms with Crippen molar-refractivity contribution >= 4 is 28.1 Å². The van der Waals surface area contributed by atoms with Gasteiger partial charge in [-0.2, -0.15) is 10.2 Å². The van der Waals surface area contributed by atoms with E-state index in [2.05, 4.69) is 36.7 Å². The lowest BCUT2D eigenvalue weighted by Gasteiger charge is -1.98. The molecule has 0 spiro atoms. The average Bonchev–Trinajstić information content (AvgIpc) is 3.08. The lowest BCUT2D eigenvalue weighted by molar-refractivity contribution is 0.0950. The highest BCUT2D eigenvalue weighted by Gasteiger charge is 2.10. The van der Waals surface area contributed by atoms with Gasteiger partial charge in [0.05, 0.1) is 11.9 Å². The van der Waals surface area contributed by atoms with Crippen molar-refractivity contribution in [2.45, 2.75) is 6.92 Å². The van der Waals surface area contributed by atoms with Gasteiger partial charge in [-0.1, -0.05) is 45.8 Å². The molecule has 25 heavy (non-hydrogen) atoms. The van der Waals surface area contributed by atoms with Crippen molar-refractivity contribution in [3.8, 4) is 11.3 Å². The minimum Gasteiger partial charge on any atom is -0.272 e. The average molecular weight is 401 g/mol. The fourth-order valence-corrected chi connectivity index (χ4v) is 2.52. The third-order valence-electron chi connectivity index (χ3n) is 3.50. The van der Waals surface area contributed by atoms with Gasteiger partial charge >= 0.3 is 0 Å². The molecule has 0 aliphatic rings. The number of hydrazone groups is 1. The normalized spacial score (nSPS) is 11.0. The van der Waals surface area contributed by atoms with Crippen LogP contribution < -0.4 is 5.43 Å². The Labute approximate surface area is 152 Å². The van der Waals surface area contributed by atoms with E-state index in [1.807, 2.05) is 31.2 Å². The fourth-order valence-electron chi connectivity index (χ4n) is 2.14. The molecular formula is C18H14BrFN4O. The summed E-state index contributed by atoms with van der Waals surface area (Å²) in [6.07, 6.45) is 1.25. The summed E-state index contributed by atoms with van der Waals surface area (Å²) in [5.74, 6) is -0.887. The number of nitrogens with zero attached hydrogens (tertiary/aromatic N) is 2. The fraction of sp³-hybridized carbons (Fsp3) is 0.0556. The lowest BCUT2D eigenvalue weighted by atomic mass is 10.1. The number of aromatic nitrogens is 2. The molecule has 5 nitrogen and oxygen atoms in total. The largest absolute Gasteiger partial charge is 0.289 e. The van der Waals surface area contributed by atoms with Gasteiger partial charge in [0.25, 0.3) is 5.91 Å². The molecule has 0 aliphatic carbocycles. The molecule has 0 saturated carbocycles. The van der Waals surface area contributed by atoms with Gasteiger partial charge in [-0.3, -0.25) is 9.89 Å². The third-order valence-corrected chi connectivity index (χ3v) is 3.99. The molecule has 1 heterocycles. The van der Waals surface area contributed by atoms with Gasteiger partial charge in [0.15, 0.2) is 0 Å². The van der Waals surface area contributed by atoms with Crippen molar-refractivity contribution in [3.63, 3.8) is 0 Å². The monoisotopic (exact) mass is 400 g/mol. The Hall–Kier alpha value is -2.80. The van der Waals surface area contributed by atoms with Gasteiger partial charge in [0, 0.05) is 15.6 Å². The van der Waals surface area contributed by atoms with Crippen molar-refractivity contribution in [3.05, 3.63) is 75.6 Å². The van der Waals surface area contributed by atoms with E-state index in [-0.39, 0.29) is 11.3 Å². The predicted molar refractivity (Wildman–Crippen MR) is 97.9 cm³/mol. The quantitative estimate of drug-likeness (QED) is 0.512. The maximum absolute atomic E-state index is 13.6. The Morgan fingerprint density at radius 3 is 2.76 bits per heavy atom. The summed E-state index contributed by atoms with van der Waals surface area (Å²) < 4.78 is 14.3. The van der Waals surface area contributed by atoms with Crippen LogP contribution in [0.3, 0.4) is 0 Å². The number of rotatable bonds is 4. The van der Waals surface area contributed by atoms with Gasteiger partial charge in [-0.05, 0) is 31.2 Å². The van der Waals surface area contributed by atoms with Gasteiger partial charge in [0.2, 0.25) is 0 Å². The number of benzene rings is 2. The van der Waals surface area contributed by atoms with Crippen LogP contribution in [0.4, 0.5) is 4.39 Å². The van der Waals surface area contributed by atoms with Crippen molar-refractivity contribution in [2.75, 3.05) is 0 Å². The van der Waals surface area contributed by atoms with Gasteiger partial charge < -0.3 is 0 Å². The van der Waals surface area contributed by atoms with E-state index in [0.29, 0.717) is 5.69 Å². The molecule has 0 fully saturated rings. The number of aryl methyl sites for hydroxylation is 1. The Morgan fingerprint density at radius 1 is 1.24 bits per heavy atom. The molecule has 2 aromatic carbocycles. The van der Waals surface area contributed by atoms with Crippen LogP contribution in [0.15, 0.2) is 58.1 Å². The maximum atomic E-state index is 13.6. The first kappa shape index (κ1) is 17.0. The van der Waals surface area contributed by atoms with Crippen LogP contribution in [0.1, 0.15) is 21.6 Å². The van der Waals surface area contributed by atoms with Crippen LogP contribution in [0.2, 0.25) is 0 Å². The number of hydrogen-bond donors (Lipinski definition) is 2. The van der Waals surface area contributed by atoms with Crippen LogP contribution >= 0.6 is 15.9 Å². The molecule has 2 N–H and O–H groups in total. The molecule has 3 aromatic rings. The number of halogens is 2. The first-order valence-corrected chi connectivity index (χ1v) is 8.23. The standard InChI is InChI=1S/C18H14BrFN4O/c1-11-2-4-12(5-3-11)16-9-17(23-22-16)18(25)24-21-10-13-8-14(19)6-7-15(13)20/h2-10H,1H3,(H,22,23)(H,24,25). The summed E-state index contributed by atoms with van der Waals surface area (Å²) in [4.78, 5) is 12.1. The summed E-state index contributed by atoms with van der Waals surface area (Å²) in [5.41, 5.74) is 5.58. The van der Waals surface area contributed by atoms with E-state index in [0.717, 1.165) is 15.6 Å². The van der Waals surface area contributed by atoms with Gasteiger partial charge in [0.1, 0.15) is 11.5 Å². The SMILES string of the molecule is Cc1ccc(-c2cc(C(=O)NN=Cc3cc(Br)ccc3F)[nH]n2)cc1. The zero-order valence-corrected chi connectivity index (χ0v) is 14.8. The number of H-pyrrole nitrogens is 1. The highest BCUT2D eigenvalue weighted by atomic mass is 79.9. The number of carbonyl (C=O) groups is 1. The van der Waals surface area contributed by atoms with E-state index in [4.69, 9.17) is 0 Å². The van der Waals surface area contributed by atoms with Crippen LogP contribution in [0, 0.1) is 12.7 Å². The topological polar surface area (TPSA) is 70.1 Å². The van der Waals surface area contributed by atoms with Crippen LogP contribution in [0.25, 0.3) is 11.3 Å². The van der Waals surface area contributed by atoms with Gasteiger partial charge in [-0.25, -0.2) is 9.82 Å². The second kappa shape index (κ2) is 7.40. The molecule has 0 bridgehead atoms. The van der Waals surface area contributed by atoms with Crippen molar-refractivity contribution in [2.24, 2.45) is 5.10 Å². The van der Waals surface area contributed by atoms with E-state index in [9.17, 15) is 9.18 Å². The lowest BCUT2D eigenvalue weighted by Crippen LogP contribution is -2.18. The minimum atomic E-state index is -0.461.